The number of hydrogen-bond acceptors (Lipinski definition) is 3. The van der Waals surface area contributed by atoms with Crippen LogP contribution in [-0.2, 0) is 25.8 Å². The summed E-state index contributed by atoms with van der Waals surface area (Å²) >= 11 is 6.46. The second-order valence-corrected chi connectivity index (χ2v) is 7.63. The Morgan fingerprint density at radius 3 is 2.96 bits per heavy atom. The monoisotopic (exact) mass is 364 g/mol. The summed E-state index contributed by atoms with van der Waals surface area (Å²) in [6.45, 7) is 1.99. The van der Waals surface area contributed by atoms with Crippen molar-refractivity contribution >= 4 is 11.6 Å². The second kappa shape index (κ2) is 6.53. The summed E-state index contributed by atoms with van der Waals surface area (Å²) < 4.78 is 0. The highest BCUT2D eigenvalue weighted by Crippen LogP contribution is 2.32. The first-order valence-electron chi connectivity index (χ1n) is 9.27. The number of pyridine rings is 1. The lowest BCUT2D eigenvalue weighted by atomic mass is 9.87. The topological polar surface area (TPSA) is 44.8 Å². The third-order valence-corrected chi connectivity index (χ3v) is 6.04. The zero-order chi connectivity index (χ0) is 17.5. The number of aryl methyl sites for hydroxylation is 1. The first-order chi connectivity index (χ1) is 12.8. The van der Waals surface area contributed by atoms with E-state index in [4.69, 9.17) is 16.6 Å². The van der Waals surface area contributed by atoms with Gasteiger partial charge in [0.15, 0.2) is 5.82 Å². The number of aromatic amines is 1. The number of nitrogens with one attached hydrogen (secondary N) is 1. The second-order valence-electron chi connectivity index (χ2n) is 7.22. The van der Waals surface area contributed by atoms with E-state index >= 15 is 0 Å². The quantitative estimate of drug-likeness (QED) is 0.746. The lowest BCUT2D eigenvalue weighted by Gasteiger charge is -2.37. The van der Waals surface area contributed by atoms with Crippen LogP contribution in [0.5, 0.6) is 0 Å². The summed E-state index contributed by atoms with van der Waals surface area (Å²) in [6.07, 6.45) is 6.17. The zero-order valence-corrected chi connectivity index (χ0v) is 15.3. The molecule has 5 heteroatoms. The van der Waals surface area contributed by atoms with Crippen LogP contribution in [0.15, 0.2) is 42.6 Å². The Kier molecular flexibility index (Phi) is 4.03. The fourth-order valence-corrected chi connectivity index (χ4v) is 4.56. The molecule has 3 heterocycles. The maximum atomic E-state index is 6.46. The van der Waals surface area contributed by atoms with Gasteiger partial charge >= 0.3 is 0 Å². The standard InChI is InChI=1S/C21H21ClN4/c22-17-5-3-4-14-7-8-15(12-16(14)17)26-11-9-18-20(13-26)25-21(24-18)19-6-1-2-10-23-19/h1-6,10,15H,7-9,11-13H2,(H,24,25). The Labute approximate surface area is 158 Å². The van der Waals surface area contributed by atoms with Crippen molar-refractivity contribution in [3.8, 4) is 11.5 Å². The van der Waals surface area contributed by atoms with Gasteiger partial charge < -0.3 is 4.98 Å². The normalized spacial score (nSPS) is 19.8. The molecule has 2 aromatic heterocycles. The lowest BCUT2D eigenvalue weighted by molar-refractivity contribution is 0.160. The van der Waals surface area contributed by atoms with Crippen LogP contribution >= 0.6 is 11.6 Å². The van der Waals surface area contributed by atoms with Crippen molar-refractivity contribution in [2.45, 2.75) is 38.3 Å². The van der Waals surface area contributed by atoms with Crippen LogP contribution in [-0.4, -0.2) is 32.4 Å². The SMILES string of the molecule is Clc1cccc2c1CC(N1CCc3nc(-c4ccccn4)[nH]c3C1)CC2. The summed E-state index contributed by atoms with van der Waals surface area (Å²) in [4.78, 5) is 15.3. The molecule has 0 fully saturated rings. The van der Waals surface area contributed by atoms with Crippen molar-refractivity contribution < 1.29 is 0 Å². The molecule has 0 radical (unpaired) electrons. The number of nitrogens with zero attached hydrogens (tertiary/aromatic N) is 3. The van der Waals surface area contributed by atoms with Gasteiger partial charge in [-0.15, -0.1) is 0 Å². The summed E-state index contributed by atoms with van der Waals surface area (Å²) in [5, 5.41) is 0.920. The molecule has 0 bridgehead atoms. The van der Waals surface area contributed by atoms with Gasteiger partial charge in [-0.1, -0.05) is 29.8 Å². The van der Waals surface area contributed by atoms with Crippen molar-refractivity contribution in [2.75, 3.05) is 6.54 Å². The molecule has 4 nitrogen and oxygen atoms in total. The van der Waals surface area contributed by atoms with Crippen LogP contribution in [0.4, 0.5) is 0 Å². The van der Waals surface area contributed by atoms with Crippen LogP contribution in [0, 0.1) is 0 Å². The smallest absolute Gasteiger partial charge is 0.156 e. The molecule has 0 saturated carbocycles. The highest BCUT2D eigenvalue weighted by atomic mass is 35.5. The summed E-state index contributed by atoms with van der Waals surface area (Å²) in [7, 11) is 0. The van der Waals surface area contributed by atoms with Crippen LogP contribution in [0.3, 0.4) is 0 Å². The van der Waals surface area contributed by atoms with Crippen LogP contribution in [0.2, 0.25) is 5.02 Å². The third-order valence-electron chi connectivity index (χ3n) is 5.69. The molecule has 1 aromatic carbocycles. The molecule has 2 aliphatic rings. The van der Waals surface area contributed by atoms with Crippen molar-refractivity contribution in [2.24, 2.45) is 0 Å². The molecule has 26 heavy (non-hydrogen) atoms. The Bertz CT molecular complexity index is 934. The average Bonchev–Trinajstić information content (AvgIpc) is 3.12. The van der Waals surface area contributed by atoms with Crippen LogP contribution in [0.1, 0.15) is 28.9 Å². The Hall–Kier alpha value is -2.17. The molecule has 1 unspecified atom stereocenters. The van der Waals surface area contributed by atoms with Crippen LogP contribution in [0.25, 0.3) is 11.5 Å². The van der Waals surface area contributed by atoms with Gasteiger partial charge in [0.2, 0.25) is 0 Å². The molecule has 5 rings (SSSR count). The molecule has 1 aliphatic heterocycles. The molecule has 1 aliphatic carbocycles. The number of benzene rings is 1. The van der Waals surface area contributed by atoms with E-state index in [1.807, 2.05) is 30.5 Å². The van der Waals surface area contributed by atoms with Crippen molar-refractivity contribution in [1.82, 2.24) is 19.9 Å². The van der Waals surface area contributed by atoms with Gasteiger partial charge in [-0.2, -0.15) is 0 Å². The van der Waals surface area contributed by atoms with E-state index in [9.17, 15) is 0 Å². The van der Waals surface area contributed by atoms with Gasteiger partial charge in [-0.05, 0) is 48.6 Å². The number of imidazole rings is 1. The Balaban J connectivity index is 1.37. The van der Waals surface area contributed by atoms with Gasteiger partial charge in [0.05, 0.1) is 11.4 Å². The van der Waals surface area contributed by atoms with Gasteiger partial charge in [0.1, 0.15) is 5.69 Å². The van der Waals surface area contributed by atoms with Crippen molar-refractivity contribution in [3.63, 3.8) is 0 Å². The van der Waals surface area contributed by atoms with Crippen molar-refractivity contribution in [1.29, 1.82) is 0 Å². The van der Waals surface area contributed by atoms with E-state index < -0.39 is 0 Å². The van der Waals surface area contributed by atoms with Gasteiger partial charge in [-0.3, -0.25) is 9.88 Å². The van der Waals surface area contributed by atoms with Gasteiger partial charge in [0, 0.05) is 36.8 Å². The number of hydrogen-bond donors (Lipinski definition) is 1. The molecule has 0 spiro atoms. The third kappa shape index (κ3) is 2.83. The first-order valence-corrected chi connectivity index (χ1v) is 9.65. The predicted octanol–water partition coefficient (Wildman–Crippen LogP) is 4.04. The lowest BCUT2D eigenvalue weighted by Crippen LogP contribution is -2.42. The van der Waals surface area contributed by atoms with Crippen molar-refractivity contribution in [3.05, 3.63) is 70.1 Å². The van der Waals surface area contributed by atoms with E-state index in [1.165, 1.54) is 28.9 Å². The van der Waals surface area contributed by atoms with Gasteiger partial charge in [0.25, 0.3) is 0 Å². The maximum Gasteiger partial charge on any atom is 0.156 e. The number of halogens is 1. The fraction of sp³-hybridized carbons (Fsp3) is 0.333. The predicted molar refractivity (Wildman–Crippen MR) is 103 cm³/mol. The molecule has 1 atom stereocenters. The van der Waals surface area contributed by atoms with E-state index in [0.717, 1.165) is 48.9 Å². The minimum Gasteiger partial charge on any atom is -0.339 e. The molecular formula is C21H21ClN4. The summed E-state index contributed by atoms with van der Waals surface area (Å²) in [5.74, 6) is 0.884. The number of H-pyrrole nitrogens is 1. The molecule has 132 valence electrons. The molecule has 3 aromatic rings. The molecule has 1 N–H and O–H groups in total. The first kappa shape index (κ1) is 16.0. The summed E-state index contributed by atoms with van der Waals surface area (Å²) in [5.41, 5.74) is 6.10. The highest BCUT2D eigenvalue weighted by molar-refractivity contribution is 6.31. The summed E-state index contributed by atoms with van der Waals surface area (Å²) in [6, 6.07) is 12.8. The van der Waals surface area contributed by atoms with Crippen LogP contribution < -0.4 is 0 Å². The zero-order valence-electron chi connectivity index (χ0n) is 14.6. The number of fused-ring (bicyclic) bond motifs is 2. The minimum absolute atomic E-state index is 0.553. The average molecular weight is 365 g/mol. The highest BCUT2D eigenvalue weighted by Gasteiger charge is 2.29. The largest absolute Gasteiger partial charge is 0.339 e. The fourth-order valence-electron chi connectivity index (χ4n) is 4.29. The minimum atomic E-state index is 0.553. The number of aromatic nitrogens is 3. The van der Waals surface area contributed by atoms with E-state index in [2.05, 4.69) is 27.0 Å². The van der Waals surface area contributed by atoms with E-state index in [1.54, 1.807) is 0 Å². The molecular weight excluding hydrogens is 344 g/mol. The Morgan fingerprint density at radius 1 is 1.12 bits per heavy atom. The van der Waals surface area contributed by atoms with E-state index in [-0.39, 0.29) is 0 Å². The molecule has 0 saturated heterocycles. The number of rotatable bonds is 2. The van der Waals surface area contributed by atoms with E-state index in [0.29, 0.717) is 6.04 Å². The van der Waals surface area contributed by atoms with Gasteiger partial charge in [-0.25, -0.2) is 4.98 Å². The maximum absolute atomic E-state index is 6.46. The molecule has 0 amide bonds. The Morgan fingerprint density at radius 2 is 2.08 bits per heavy atom.